The van der Waals surface area contributed by atoms with E-state index in [9.17, 15) is 4.79 Å². The molecule has 1 aromatic carbocycles. The molecule has 1 aliphatic carbocycles. The summed E-state index contributed by atoms with van der Waals surface area (Å²) in [6.45, 7) is 8.54. The summed E-state index contributed by atoms with van der Waals surface area (Å²) in [5, 5.41) is 9.72. The number of benzene rings is 1. The molecule has 2 aliphatic rings. The van der Waals surface area contributed by atoms with Gasteiger partial charge in [-0.1, -0.05) is 37.1 Å². The van der Waals surface area contributed by atoms with Gasteiger partial charge in [0.1, 0.15) is 0 Å². The van der Waals surface area contributed by atoms with Gasteiger partial charge in [-0.25, -0.2) is 4.99 Å². The van der Waals surface area contributed by atoms with Crippen LogP contribution in [0.5, 0.6) is 0 Å². The topological polar surface area (TPSA) is 78.0 Å². The van der Waals surface area contributed by atoms with E-state index in [0.29, 0.717) is 25.6 Å². The molecule has 7 nitrogen and oxygen atoms in total. The lowest BCUT2D eigenvalue weighted by Crippen LogP contribution is -2.40. The molecule has 174 valence electrons. The molecule has 0 radical (unpaired) electrons. The van der Waals surface area contributed by atoms with Gasteiger partial charge >= 0.3 is 0 Å². The van der Waals surface area contributed by atoms with Crippen LogP contribution in [0.3, 0.4) is 0 Å². The molecule has 3 N–H and O–H groups in total. The van der Waals surface area contributed by atoms with Crippen LogP contribution in [0.15, 0.2) is 29.3 Å². The summed E-state index contributed by atoms with van der Waals surface area (Å²) >= 11 is 0. The highest BCUT2D eigenvalue weighted by Gasteiger charge is 2.17. The number of halogens is 1. The highest BCUT2D eigenvalue weighted by Crippen LogP contribution is 2.17. The molecule has 3 rings (SSSR count). The number of hydrogen-bond donors (Lipinski definition) is 3. The molecule has 8 heteroatoms. The Bertz CT molecular complexity index is 688. The number of nitrogens with zero attached hydrogens (tertiary/aromatic N) is 2. The van der Waals surface area contributed by atoms with E-state index in [4.69, 9.17) is 9.73 Å². The van der Waals surface area contributed by atoms with Gasteiger partial charge in [-0.2, -0.15) is 0 Å². The average molecular weight is 543 g/mol. The molecule has 1 saturated carbocycles. The van der Waals surface area contributed by atoms with Gasteiger partial charge in [-0.05, 0) is 30.9 Å². The van der Waals surface area contributed by atoms with Crippen LogP contribution in [0.4, 0.5) is 0 Å². The van der Waals surface area contributed by atoms with E-state index in [0.717, 1.165) is 58.2 Å². The van der Waals surface area contributed by atoms with Gasteiger partial charge in [0.05, 0.1) is 19.8 Å². The number of rotatable bonds is 9. The number of nitrogens with one attached hydrogen (secondary N) is 3. The Kier molecular flexibility index (Phi) is 12.2. The highest BCUT2D eigenvalue weighted by atomic mass is 127. The number of aliphatic imine (C=N–C) groups is 1. The predicted octanol–water partition coefficient (Wildman–Crippen LogP) is 2.64. The van der Waals surface area contributed by atoms with Gasteiger partial charge < -0.3 is 20.7 Å². The van der Waals surface area contributed by atoms with E-state index in [1.54, 1.807) is 0 Å². The molecule has 1 aromatic rings. The van der Waals surface area contributed by atoms with E-state index >= 15 is 0 Å². The quantitative estimate of drug-likeness (QED) is 0.254. The third-order valence-electron chi connectivity index (χ3n) is 5.73. The van der Waals surface area contributed by atoms with Gasteiger partial charge in [0.2, 0.25) is 5.91 Å². The monoisotopic (exact) mass is 543 g/mol. The Labute approximate surface area is 203 Å². The summed E-state index contributed by atoms with van der Waals surface area (Å²) in [7, 11) is 0. The Morgan fingerprint density at radius 3 is 2.55 bits per heavy atom. The first kappa shape index (κ1) is 25.9. The van der Waals surface area contributed by atoms with Crippen molar-refractivity contribution in [3.05, 3.63) is 35.4 Å². The van der Waals surface area contributed by atoms with Gasteiger partial charge in [-0.3, -0.25) is 9.69 Å². The molecule has 1 amide bonds. The third kappa shape index (κ3) is 9.33. The Morgan fingerprint density at radius 2 is 1.84 bits per heavy atom. The largest absolute Gasteiger partial charge is 0.379 e. The lowest BCUT2D eigenvalue weighted by atomic mass is 10.1. The molecule has 0 spiro atoms. The third-order valence-corrected chi connectivity index (χ3v) is 5.73. The zero-order chi connectivity index (χ0) is 21.0. The number of morpholine rings is 1. The predicted molar refractivity (Wildman–Crippen MR) is 136 cm³/mol. The first-order valence-electron chi connectivity index (χ1n) is 11.4. The maximum atomic E-state index is 12.1. The van der Waals surface area contributed by atoms with Gasteiger partial charge in [-0.15, -0.1) is 24.0 Å². The summed E-state index contributed by atoms with van der Waals surface area (Å²) in [5.74, 6) is 0.883. The summed E-state index contributed by atoms with van der Waals surface area (Å²) < 4.78 is 5.46. The minimum absolute atomic E-state index is 0. The average Bonchev–Trinajstić information content (AvgIpc) is 3.26. The maximum absolute atomic E-state index is 12.1. The van der Waals surface area contributed by atoms with Gasteiger partial charge in [0.25, 0.3) is 0 Å². The van der Waals surface area contributed by atoms with Crippen LogP contribution < -0.4 is 16.0 Å². The fourth-order valence-electron chi connectivity index (χ4n) is 4.04. The molecule has 0 unspecified atom stereocenters. The minimum Gasteiger partial charge on any atom is -0.379 e. The summed E-state index contributed by atoms with van der Waals surface area (Å²) in [6, 6.07) is 8.88. The molecule has 2 fully saturated rings. The minimum atomic E-state index is 0. The second kappa shape index (κ2) is 14.6. The van der Waals surface area contributed by atoms with E-state index in [-0.39, 0.29) is 29.9 Å². The zero-order valence-electron chi connectivity index (χ0n) is 18.7. The first-order valence-corrected chi connectivity index (χ1v) is 11.4. The van der Waals surface area contributed by atoms with Crippen molar-refractivity contribution in [1.82, 2.24) is 20.9 Å². The SMILES string of the molecule is CCNC(=NCc1ccccc1CN1CCOCC1)NCCC(=O)NC1CCCC1.I. The van der Waals surface area contributed by atoms with Crippen LogP contribution in [-0.2, 0) is 22.6 Å². The molecule has 0 bridgehead atoms. The molecule has 1 heterocycles. The van der Waals surface area contributed by atoms with Crippen LogP contribution >= 0.6 is 24.0 Å². The Morgan fingerprint density at radius 1 is 1.13 bits per heavy atom. The van der Waals surface area contributed by atoms with Crippen molar-refractivity contribution in [3.63, 3.8) is 0 Å². The lowest BCUT2D eigenvalue weighted by molar-refractivity contribution is -0.121. The summed E-state index contributed by atoms with van der Waals surface area (Å²) in [6.07, 6.45) is 5.16. The van der Waals surface area contributed by atoms with Crippen LogP contribution in [0.1, 0.15) is 50.2 Å². The Hall–Kier alpha value is -1.39. The van der Waals surface area contributed by atoms with E-state index in [1.165, 1.54) is 24.0 Å². The summed E-state index contributed by atoms with van der Waals surface area (Å²) in [4.78, 5) is 19.3. The van der Waals surface area contributed by atoms with E-state index in [2.05, 4.69) is 52.0 Å². The molecule has 1 saturated heterocycles. The number of amides is 1. The van der Waals surface area contributed by atoms with Crippen molar-refractivity contribution in [2.24, 2.45) is 4.99 Å². The Balaban J connectivity index is 0.00000341. The zero-order valence-corrected chi connectivity index (χ0v) is 21.0. The fourth-order valence-corrected chi connectivity index (χ4v) is 4.04. The number of carbonyl (C=O) groups excluding carboxylic acids is 1. The highest BCUT2D eigenvalue weighted by molar-refractivity contribution is 14.0. The van der Waals surface area contributed by atoms with Crippen molar-refractivity contribution in [3.8, 4) is 0 Å². The number of guanidine groups is 1. The molecular formula is C23H38IN5O2. The second-order valence-corrected chi connectivity index (χ2v) is 8.08. The molecular weight excluding hydrogens is 505 g/mol. The molecule has 1 aliphatic heterocycles. The number of ether oxygens (including phenoxy) is 1. The number of hydrogen-bond acceptors (Lipinski definition) is 4. The van der Waals surface area contributed by atoms with E-state index in [1.807, 2.05) is 0 Å². The standard InChI is InChI=1S/C23H37N5O2.HI/c1-2-24-23(25-12-11-22(29)27-21-9-5-6-10-21)26-17-19-7-3-4-8-20(19)18-28-13-15-30-16-14-28;/h3-4,7-8,21H,2,5-6,9-18H2,1H3,(H,27,29)(H2,24,25,26);1H. The fraction of sp³-hybridized carbons (Fsp3) is 0.652. The molecule has 31 heavy (non-hydrogen) atoms. The van der Waals surface area contributed by atoms with E-state index < -0.39 is 0 Å². The lowest BCUT2D eigenvalue weighted by Gasteiger charge is -2.27. The first-order chi connectivity index (χ1) is 14.7. The molecule has 0 atom stereocenters. The number of carbonyl (C=O) groups is 1. The molecule has 0 aromatic heterocycles. The van der Waals surface area contributed by atoms with Crippen LogP contribution in [0.2, 0.25) is 0 Å². The van der Waals surface area contributed by atoms with Crippen LogP contribution in [0.25, 0.3) is 0 Å². The maximum Gasteiger partial charge on any atom is 0.221 e. The van der Waals surface area contributed by atoms with Crippen LogP contribution in [-0.4, -0.2) is 62.2 Å². The normalized spacial score (nSPS) is 17.8. The van der Waals surface area contributed by atoms with Crippen molar-refractivity contribution < 1.29 is 9.53 Å². The van der Waals surface area contributed by atoms with Crippen molar-refractivity contribution >= 4 is 35.8 Å². The smallest absolute Gasteiger partial charge is 0.221 e. The van der Waals surface area contributed by atoms with Gasteiger partial charge in [0, 0.05) is 45.2 Å². The second-order valence-electron chi connectivity index (χ2n) is 8.08. The van der Waals surface area contributed by atoms with Gasteiger partial charge in [0.15, 0.2) is 5.96 Å². The van der Waals surface area contributed by atoms with Crippen LogP contribution in [0, 0.1) is 0 Å². The van der Waals surface area contributed by atoms with Crippen molar-refractivity contribution in [1.29, 1.82) is 0 Å². The van der Waals surface area contributed by atoms with Crippen molar-refractivity contribution in [2.75, 3.05) is 39.4 Å². The van der Waals surface area contributed by atoms with Crippen molar-refractivity contribution in [2.45, 2.75) is 58.2 Å². The summed E-state index contributed by atoms with van der Waals surface area (Å²) in [5.41, 5.74) is 2.55.